The summed E-state index contributed by atoms with van der Waals surface area (Å²) in [6, 6.07) is 12.4. The first kappa shape index (κ1) is 29.7. The van der Waals surface area contributed by atoms with Crippen LogP contribution >= 0.6 is 0 Å². The molecule has 0 saturated carbocycles. The summed E-state index contributed by atoms with van der Waals surface area (Å²) in [4.78, 5) is 64.0. The molecule has 0 aliphatic heterocycles. The fourth-order valence-corrected chi connectivity index (χ4v) is 2.75. The molecule has 0 amide bonds. The standard InChI is InChI=1S/C24H26O14/c1-16(12-14-31-23(27)35-37-33-21(25)17-8-4-6-10-19(17)29-2)13-15-32-24(28)36-38-34-22(26)18-9-5-7-11-20(18)30-3/h4-11,16H,12-15H2,1-3H3. The van der Waals surface area contributed by atoms with Crippen molar-refractivity contribution >= 4 is 24.2 Å². The molecule has 0 heterocycles. The van der Waals surface area contributed by atoms with Crippen LogP contribution in [0.2, 0.25) is 0 Å². The highest BCUT2D eigenvalue weighted by Gasteiger charge is 2.18. The van der Waals surface area contributed by atoms with Gasteiger partial charge in [0.05, 0.1) is 37.5 Å². The quantitative estimate of drug-likeness (QED) is 0.192. The molecular formula is C24H26O14. The first-order chi connectivity index (χ1) is 18.3. The number of rotatable bonds is 14. The Morgan fingerprint density at radius 3 is 1.42 bits per heavy atom. The first-order valence-electron chi connectivity index (χ1n) is 11.1. The van der Waals surface area contributed by atoms with Gasteiger partial charge in [0.1, 0.15) is 22.6 Å². The lowest BCUT2D eigenvalue weighted by atomic mass is 10.1. The van der Waals surface area contributed by atoms with Crippen molar-refractivity contribution in [3.63, 3.8) is 0 Å². The van der Waals surface area contributed by atoms with Crippen molar-refractivity contribution in [2.75, 3.05) is 27.4 Å². The minimum absolute atomic E-state index is 0.0517. The summed E-state index contributed by atoms with van der Waals surface area (Å²) in [5.74, 6) is -1.45. The van der Waals surface area contributed by atoms with Crippen LogP contribution in [0.4, 0.5) is 9.59 Å². The van der Waals surface area contributed by atoms with Crippen molar-refractivity contribution < 1.29 is 67.8 Å². The largest absolute Gasteiger partial charge is 0.543 e. The fraction of sp³-hybridized carbons (Fsp3) is 0.333. The Kier molecular flexibility index (Phi) is 12.7. The monoisotopic (exact) mass is 538 g/mol. The van der Waals surface area contributed by atoms with Crippen LogP contribution in [-0.2, 0) is 39.1 Å². The van der Waals surface area contributed by atoms with Gasteiger partial charge in [-0.2, -0.15) is 0 Å². The van der Waals surface area contributed by atoms with E-state index in [4.69, 9.17) is 18.9 Å². The van der Waals surface area contributed by atoms with Gasteiger partial charge in [-0.25, -0.2) is 29.0 Å². The molecule has 0 bridgehead atoms. The van der Waals surface area contributed by atoms with E-state index in [0.29, 0.717) is 12.8 Å². The SMILES string of the molecule is COc1ccccc1C(=O)OOOC(=O)OCCC(C)CCOC(=O)OOOC(=O)c1ccccc1OC. The van der Waals surface area contributed by atoms with E-state index in [1.54, 1.807) is 31.2 Å². The van der Waals surface area contributed by atoms with Gasteiger partial charge < -0.3 is 18.9 Å². The maximum absolute atomic E-state index is 11.9. The van der Waals surface area contributed by atoms with E-state index in [1.807, 2.05) is 0 Å². The number of methoxy groups -OCH3 is 2. The van der Waals surface area contributed by atoms with Gasteiger partial charge in [-0.3, -0.25) is 9.78 Å². The summed E-state index contributed by atoms with van der Waals surface area (Å²) in [5.41, 5.74) is 0.125. The smallest absolute Gasteiger partial charge is 0.496 e. The molecule has 0 saturated heterocycles. The van der Waals surface area contributed by atoms with Gasteiger partial charge >= 0.3 is 24.2 Å². The zero-order valence-corrected chi connectivity index (χ0v) is 20.7. The van der Waals surface area contributed by atoms with Crippen LogP contribution in [0, 0.1) is 5.92 Å². The molecule has 0 N–H and O–H groups in total. The average Bonchev–Trinajstić information content (AvgIpc) is 2.92. The van der Waals surface area contributed by atoms with Crippen LogP contribution in [0.3, 0.4) is 0 Å². The summed E-state index contributed by atoms with van der Waals surface area (Å²) < 4.78 is 19.6. The molecule has 2 rings (SSSR count). The third-order valence-corrected chi connectivity index (χ3v) is 4.74. The molecule has 2 aromatic carbocycles. The van der Waals surface area contributed by atoms with Gasteiger partial charge in [-0.05, 0) is 43.0 Å². The molecule has 0 spiro atoms. The van der Waals surface area contributed by atoms with Gasteiger partial charge in [0.2, 0.25) is 0 Å². The van der Waals surface area contributed by atoms with E-state index in [2.05, 4.69) is 29.6 Å². The zero-order chi connectivity index (χ0) is 27.8. The van der Waals surface area contributed by atoms with Crippen LogP contribution in [0.15, 0.2) is 48.5 Å². The van der Waals surface area contributed by atoms with Crippen molar-refractivity contribution in [2.24, 2.45) is 5.92 Å². The molecule has 206 valence electrons. The lowest BCUT2D eigenvalue weighted by molar-refractivity contribution is -0.452. The number of ether oxygens (including phenoxy) is 4. The summed E-state index contributed by atoms with van der Waals surface area (Å²) in [6.07, 6.45) is -1.71. The number of hydrogen-bond acceptors (Lipinski definition) is 14. The lowest BCUT2D eigenvalue weighted by Gasteiger charge is -2.11. The van der Waals surface area contributed by atoms with E-state index < -0.39 is 24.2 Å². The third kappa shape index (κ3) is 10.2. The molecule has 0 aliphatic rings. The second kappa shape index (κ2) is 16.2. The van der Waals surface area contributed by atoms with Crippen LogP contribution in [-0.4, -0.2) is 51.7 Å². The van der Waals surface area contributed by atoms with Crippen LogP contribution in [0.1, 0.15) is 40.5 Å². The Bertz CT molecular complexity index is 986. The highest BCUT2D eigenvalue weighted by atomic mass is 17.5. The van der Waals surface area contributed by atoms with Crippen LogP contribution in [0.25, 0.3) is 0 Å². The molecule has 0 aliphatic carbocycles. The van der Waals surface area contributed by atoms with Crippen molar-refractivity contribution in [1.82, 2.24) is 0 Å². The minimum Gasteiger partial charge on any atom is -0.496 e. The Morgan fingerprint density at radius 1 is 0.632 bits per heavy atom. The molecule has 14 heteroatoms. The first-order valence-corrected chi connectivity index (χ1v) is 11.1. The number of carbonyl (C=O) groups excluding carboxylic acids is 4. The second-order valence-corrected chi connectivity index (χ2v) is 7.32. The van der Waals surface area contributed by atoms with Gasteiger partial charge in [0.25, 0.3) is 0 Å². The van der Waals surface area contributed by atoms with Gasteiger partial charge in [0.15, 0.2) is 0 Å². The second-order valence-electron chi connectivity index (χ2n) is 7.32. The zero-order valence-electron chi connectivity index (χ0n) is 20.7. The van der Waals surface area contributed by atoms with Gasteiger partial charge in [-0.15, -0.1) is 0 Å². The Morgan fingerprint density at radius 2 is 1.03 bits per heavy atom. The Hall–Kier alpha value is -4.56. The van der Waals surface area contributed by atoms with Gasteiger partial charge in [-0.1, -0.05) is 31.2 Å². The van der Waals surface area contributed by atoms with E-state index in [-0.39, 0.29) is 41.8 Å². The number of carbonyl (C=O) groups is 4. The molecule has 0 aromatic heterocycles. The molecular weight excluding hydrogens is 512 g/mol. The van der Waals surface area contributed by atoms with E-state index in [0.717, 1.165) is 0 Å². The molecule has 38 heavy (non-hydrogen) atoms. The fourth-order valence-electron chi connectivity index (χ4n) is 2.75. The molecule has 0 fully saturated rings. The summed E-state index contributed by atoms with van der Waals surface area (Å²) in [7, 11) is 2.75. The summed E-state index contributed by atoms with van der Waals surface area (Å²) >= 11 is 0. The highest BCUT2D eigenvalue weighted by Crippen LogP contribution is 2.19. The predicted molar refractivity (Wildman–Crippen MR) is 122 cm³/mol. The molecule has 0 unspecified atom stereocenters. The van der Waals surface area contributed by atoms with Gasteiger partial charge in [0, 0.05) is 0 Å². The average molecular weight is 538 g/mol. The van der Waals surface area contributed by atoms with E-state index >= 15 is 0 Å². The predicted octanol–water partition coefficient (Wildman–Crippen LogP) is 4.13. The molecule has 0 atom stereocenters. The van der Waals surface area contributed by atoms with Crippen molar-refractivity contribution in [3.8, 4) is 11.5 Å². The molecule has 2 aromatic rings. The maximum atomic E-state index is 11.9. The van der Waals surface area contributed by atoms with Crippen LogP contribution in [0.5, 0.6) is 11.5 Å². The normalized spacial score (nSPS) is 10.2. The number of benzene rings is 2. The minimum atomic E-state index is -1.23. The topological polar surface area (TPSA) is 161 Å². The molecule has 14 nitrogen and oxygen atoms in total. The number of para-hydroxylation sites is 2. The van der Waals surface area contributed by atoms with Crippen molar-refractivity contribution in [1.29, 1.82) is 0 Å². The summed E-state index contributed by atoms with van der Waals surface area (Å²) in [6.45, 7) is 1.69. The highest BCUT2D eigenvalue weighted by molar-refractivity contribution is 5.92. The summed E-state index contributed by atoms with van der Waals surface area (Å²) in [5, 5.41) is 8.29. The van der Waals surface area contributed by atoms with Crippen molar-refractivity contribution in [2.45, 2.75) is 19.8 Å². The van der Waals surface area contributed by atoms with E-state index in [1.165, 1.54) is 38.5 Å². The maximum Gasteiger partial charge on any atom is 0.543 e. The Labute approximate surface area is 216 Å². The van der Waals surface area contributed by atoms with Crippen LogP contribution < -0.4 is 9.47 Å². The number of hydrogen-bond donors (Lipinski definition) is 0. The van der Waals surface area contributed by atoms with Crippen molar-refractivity contribution in [3.05, 3.63) is 59.7 Å². The lowest BCUT2D eigenvalue weighted by Crippen LogP contribution is -2.15. The third-order valence-electron chi connectivity index (χ3n) is 4.74. The van der Waals surface area contributed by atoms with E-state index in [9.17, 15) is 19.2 Å². The Balaban J connectivity index is 1.52. The molecule has 0 radical (unpaired) electrons.